The van der Waals surface area contributed by atoms with Crippen molar-refractivity contribution in [2.24, 2.45) is 0 Å². The van der Waals surface area contributed by atoms with Gasteiger partial charge in [0.1, 0.15) is 5.75 Å². The zero-order valence-electron chi connectivity index (χ0n) is 12.6. The fraction of sp³-hybridized carbons (Fsp3) is 0. The minimum atomic E-state index is -1.08. The van der Waals surface area contributed by atoms with Gasteiger partial charge in [-0.05, 0) is 30.3 Å². The molecule has 0 aliphatic carbocycles. The first kappa shape index (κ1) is 15.4. The summed E-state index contributed by atoms with van der Waals surface area (Å²) in [5.41, 5.74) is 0.573. The van der Waals surface area contributed by atoms with Gasteiger partial charge in [-0.1, -0.05) is 30.8 Å². The predicted molar refractivity (Wildman–Crippen MR) is 89.8 cm³/mol. The summed E-state index contributed by atoms with van der Waals surface area (Å²) in [5.74, 6) is -1.02. The number of aromatic amines is 1. The van der Waals surface area contributed by atoms with Crippen LogP contribution in [0.15, 0.2) is 53.3 Å². The second kappa shape index (κ2) is 5.92. The van der Waals surface area contributed by atoms with E-state index in [1.54, 1.807) is 30.3 Å². The second-order valence-electron chi connectivity index (χ2n) is 5.20. The van der Waals surface area contributed by atoms with Crippen molar-refractivity contribution in [2.75, 3.05) is 0 Å². The lowest BCUT2D eigenvalue weighted by Gasteiger charge is -2.02. The molecule has 0 saturated carbocycles. The van der Waals surface area contributed by atoms with Crippen LogP contribution in [0.2, 0.25) is 0 Å². The Kier molecular flexibility index (Phi) is 3.79. The Bertz CT molecular complexity index is 1090. The minimum absolute atomic E-state index is 0.0527. The Balaban J connectivity index is 2.20. The summed E-state index contributed by atoms with van der Waals surface area (Å²) in [6, 6.07) is 12.6. The van der Waals surface area contributed by atoms with Gasteiger partial charge in [-0.15, -0.1) is 0 Å². The lowest BCUT2D eigenvalue weighted by atomic mass is 10.1. The highest BCUT2D eigenvalue weighted by atomic mass is 16.4. The van der Waals surface area contributed by atoms with E-state index in [0.717, 1.165) is 0 Å². The molecule has 3 N–H and O–H groups in total. The van der Waals surface area contributed by atoms with Gasteiger partial charge in [0, 0.05) is 5.56 Å². The number of nitrogens with zero attached hydrogens (tertiary/aromatic N) is 1. The van der Waals surface area contributed by atoms with E-state index in [1.165, 1.54) is 29.0 Å². The van der Waals surface area contributed by atoms with Crippen LogP contribution in [0.5, 0.6) is 5.75 Å². The summed E-state index contributed by atoms with van der Waals surface area (Å²) in [6.07, 6.45) is 1.54. The predicted octanol–water partition coefficient (Wildman–Crippen LogP) is 0.808. The smallest absolute Gasteiger partial charge is 0.335 e. The van der Waals surface area contributed by atoms with Crippen LogP contribution in [0.4, 0.5) is 0 Å². The van der Waals surface area contributed by atoms with E-state index in [-0.39, 0.29) is 22.1 Å². The molecule has 3 aromatic rings. The van der Waals surface area contributed by atoms with Crippen LogP contribution >= 0.6 is 0 Å². The molecule has 0 saturated heterocycles. The molecule has 0 amide bonds. The Labute approximate surface area is 136 Å². The average molecular weight is 322 g/mol. The van der Waals surface area contributed by atoms with Gasteiger partial charge in [-0.2, -0.15) is 0 Å². The number of aromatic carboxylic acids is 1. The second-order valence-corrected chi connectivity index (χ2v) is 5.20. The molecule has 0 unspecified atom stereocenters. The molecule has 0 aliphatic rings. The summed E-state index contributed by atoms with van der Waals surface area (Å²) in [4.78, 5) is 23.7. The molecule has 0 aliphatic heterocycles. The van der Waals surface area contributed by atoms with Crippen molar-refractivity contribution in [3.05, 3.63) is 80.6 Å². The van der Waals surface area contributed by atoms with Gasteiger partial charge in [0.25, 0.3) is 5.56 Å². The quantitative estimate of drug-likeness (QED) is 0.665. The number of para-hydroxylation sites is 1. The highest BCUT2D eigenvalue weighted by Crippen LogP contribution is 2.15. The number of rotatable bonds is 3. The first-order valence-corrected chi connectivity index (χ1v) is 7.11. The van der Waals surface area contributed by atoms with Gasteiger partial charge in [-0.3, -0.25) is 9.89 Å². The van der Waals surface area contributed by atoms with E-state index in [1.807, 2.05) is 0 Å². The molecule has 3 rings (SSSR count). The van der Waals surface area contributed by atoms with Gasteiger partial charge in [-0.25, -0.2) is 9.48 Å². The highest BCUT2D eigenvalue weighted by Gasteiger charge is 2.08. The van der Waals surface area contributed by atoms with Crippen LogP contribution in [0.25, 0.3) is 18.3 Å². The molecule has 6 heteroatoms. The number of carbonyl (C=O) groups is 1. The van der Waals surface area contributed by atoms with Crippen molar-refractivity contribution in [3.8, 4) is 11.4 Å². The van der Waals surface area contributed by atoms with E-state index in [2.05, 4.69) is 11.7 Å². The monoisotopic (exact) mass is 322 g/mol. The maximum atomic E-state index is 12.6. The van der Waals surface area contributed by atoms with Gasteiger partial charge in [0.2, 0.25) is 0 Å². The summed E-state index contributed by atoms with van der Waals surface area (Å²) in [6.45, 7) is 3.81. The summed E-state index contributed by atoms with van der Waals surface area (Å²) < 4.78 is 1.22. The number of hydrogen-bond donors (Lipinski definition) is 3. The number of phenols is 1. The van der Waals surface area contributed by atoms with Crippen molar-refractivity contribution in [2.45, 2.75) is 0 Å². The number of benzene rings is 2. The normalized spacial score (nSPS) is 11.6. The largest absolute Gasteiger partial charge is 0.507 e. The van der Waals surface area contributed by atoms with Crippen molar-refractivity contribution >= 4 is 18.6 Å². The summed E-state index contributed by atoms with van der Waals surface area (Å²) in [7, 11) is 0. The molecule has 0 bridgehead atoms. The van der Waals surface area contributed by atoms with Gasteiger partial charge in [0.05, 0.1) is 21.8 Å². The molecule has 0 fully saturated rings. The van der Waals surface area contributed by atoms with Crippen molar-refractivity contribution in [3.63, 3.8) is 0 Å². The van der Waals surface area contributed by atoms with Gasteiger partial charge >= 0.3 is 5.97 Å². The van der Waals surface area contributed by atoms with Crippen molar-refractivity contribution in [1.29, 1.82) is 0 Å². The summed E-state index contributed by atoms with van der Waals surface area (Å²) in [5, 5.41) is 22.4. The zero-order valence-corrected chi connectivity index (χ0v) is 12.6. The number of aromatic nitrogens is 2. The first-order valence-electron chi connectivity index (χ1n) is 7.11. The fourth-order valence-electron chi connectivity index (χ4n) is 2.37. The Morgan fingerprint density at radius 1 is 1.17 bits per heavy atom. The van der Waals surface area contributed by atoms with Crippen LogP contribution < -0.4 is 16.1 Å². The molecule has 1 aromatic heterocycles. The van der Waals surface area contributed by atoms with Gasteiger partial charge in [0.15, 0.2) is 0 Å². The number of H-pyrrole nitrogens is 1. The maximum absolute atomic E-state index is 12.6. The molecule has 6 nitrogen and oxygen atoms in total. The van der Waals surface area contributed by atoms with Crippen molar-refractivity contribution < 1.29 is 15.0 Å². The highest BCUT2D eigenvalue weighted by molar-refractivity contribution is 5.88. The summed E-state index contributed by atoms with van der Waals surface area (Å²) >= 11 is 0. The van der Waals surface area contributed by atoms with Crippen LogP contribution in [-0.2, 0) is 0 Å². The number of carboxylic acid groups (broad SMARTS) is 1. The topological polar surface area (TPSA) is 95.3 Å². The lowest BCUT2D eigenvalue weighted by molar-refractivity contribution is 0.0697. The fourth-order valence-corrected chi connectivity index (χ4v) is 2.37. The molecule has 0 atom stereocenters. The van der Waals surface area contributed by atoms with Crippen LogP contribution in [0.3, 0.4) is 0 Å². The average Bonchev–Trinajstić information content (AvgIpc) is 2.85. The standard InChI is InChI=1S/C18H14N2O4/c1-11-15(10-12-5-2-3-8-16(12)21)17(22)20(19-11)14-7-4-6-13(9-14)18(23)24/h2-10,19,21H,1H2,(H,23,24). The molecule has 0 spiro atoms. The Morgan fingerprint density at radius 2 is 1.92 bits per heavy atom. The molecule has 2 aromatic carbocycles. The van der Waals surface area contributed by atoms with Crippen LogP contribution in [0.1, 0.15) is 15.9 Å². The number of hydrogen-bond acceptors (Lipinski definition) is 3. The molecule has 24 heavy (non-hydrogen) atoms. The van der Waals surface area contributed by atoms with E-state index >= 15 is 0 Å². The SMILES string of the molecule is C=c1[nH]n(-c2cccc(C(=O)O)c2)c(=O)c1=Cc1ccccc1O. The van der Waals surface area contributed by atoms with E-state index in [9.17, 15) is 14.7 Å². The number of aromatic hydroxyl groups is 1. The molecular formula is C18H14N2O4. The Morgan fingerprint density at radius 3 is 2.62 bits per heavy atom. The van der Waals surface area contributed by atoms with E-state index in [0.29, 0.717) is 16.6 Å². The maximum Gasteiger partial charge on any atom is 0.335 e. The molecule has 1 heterocycles. The molecular weight excluding hydrogens is 308 g/mol. The third-order valence-corrected chi connectivity index (χ3v) is 3.59. The number of nitrogens with one attached hydrogen (secondary N) is 1. The number of carboxylic acids is 1. The van der Waals surface area contributed by atoms with E-state index in [4.69, 9.17) is 5.11 Å². The Hall–Kier alpha value is -3.54. The zero-order chi connectivity index (χ0) is 17.3. The molecule has 120 valence electrons. The number of phenolic OH excluding ortho intramolecular Hbond substituents is 1. The third-order valence-electron chi connectivity index (χ3n) is 3.59. The first-order chi connectivity index (χ1) is 11.5. The lowest BCUT2D eigenvalue weighted by Crippen LogP contribution is -2.34. The minimum Gasteiger partial charge on any atom is -0.507 e. The third kappa shape index (κ3) is 2.72. The van der Waals surface area contributed by atoms with Crippen LogP contribution in [0, 0.1) is 0 Å². The van der Waals surface area contributed by atoms with Crippen molar-refractivity contribution in [1.82, 2.24) is 9.78 Å². The van der Waals surface area contributed by atoms with E-state index < -0.39 is 5.97 Å². The van der Waals surface area contributed by atoms with Gasteiger partial charge < -0.3 is 10.2 Å². The molecule has 0 radical (unpaired) electrons. The van der Waals surface area contributed by atoms with Crippen LogP contribution in [-0.4, -0.2) is 26.0 Å².